The number of rotatable bonds is 1. The molecule has 3 heterocycles. The minimum absolute atomic E-state index is 0.281. The summed E-state index contributed by atoms with van der Waals surface area (Å²) < 4.78 is 7.89. The largest absolute Gasteiger partial charge is 0.618 e. The standard InChI is InChI=1S/C10H11N3O2/c1-7-10-9(3-2-4-12(10)14)13(11-7)8-5-15-6-8/h2-4,8H,5-6H2,1H3. The molecule has 5 nitrogen and oxygen atoms in total. The van der Waals surface area contributed by atoms with Gasteiger partial charge in [0, 0.05) is 6.07 Å². The van der Waals surface area contributed by atoms with Crippen LogP contribution in [0.1, 0.15) is 11.7 Å². The molecule has 3 rings (SSSR count). The third kappa shape index (κ3) is 1.13. The third-order valence-corrected chi connectivity index (χ3v) is 2.75. The van der Waals surface area contributed by atoms with Crippen LogP contribution in [0, 0.1) is 12.1 Å². The highest BCUT2D eigenvalue weighted by Crippen LogP contribution is 2.22. The van der Waals surface area contributed by atoms with Gasteiger partial charge in [-0.05, 0) is 13.0 Å². The Bertz CT molecular complexity index is 517. The lowest BCUT2D eigenvalue weighted by Gasteiger charge is -2.26. The van der Waals surface area contributed by atoms with Crippen LogP contribution >= 0.6 is 0 Å². The van der Waals surface area contributed by atoms with Gasteiger partial charge in [0.25, 0.3) is 5.52 Å². The minimum atomic E-state index is 0.281. The van der Waals surface area contributed by atoms with Crippen molar-refractivity contribution in [3.8, 4) is 0 Å². The second kappa shape index (κ2) is 2.93. The SMILES string of the molecule is Cc1nn(C2COC2)c2ccc[n+]([O-])c12. The maximum Gasteiger partial charge on any atom is 0.265 e. The van der Waals surface area contributed by atoms with Gasteiger partial charge in [-0.25, -0.2) is 0 Å². The molecule has 78 valence electrons. The van der Waals surface area contributed by atoms with Gasteiger partial charge >= 0.3 is 0 Å². The third-order valence-electron chi connectivity index (χ3n) is 2.75. The van der Waals surface area contributed by atoms with E-state index < -0.39 is 0 Å². The molecule has 1 saturated heterocycles. The first kappa shape index (κ1) is 8.67. The Morgan fingerprint density at radius 1 is 1.60 bits per heavy atom. The predicted octanol–water partition coefficient (Wildman–Crippen LogP) is 0.549. The van der Waals surface area contributed by atoms with E-state index in [1.54, 1.807) is 6.07 Å². The van der Waals surface area contributed by atoms with Crippen molar-refractivity contribution in [3.63, 3.8) is 0 Å². The van der Waals surface area contributed by atoms with Crippen molar-refractivity contribution in [2.45, 2.75) is 13.0 Å². The number of fused-ring (bicyclic) bond motifs is 1. The van der Waals surface area contributed by atoms with E-state index in [1.807, 2.05) is 17.7 Å². The number of hydrogen-bond donors (Lipinski definition) is 0. The monoisotopic (exact) mass is 205 g/mol. The van der Waals surface area contributed by atoms with E-state index in [1.165, 1.54) is 6.20 Å². The van der Waals surface area contributed by atoms with Crippen molar-refractivity contribution in [3.05, 3.63) is 29.2 Å². The van der Waals surface area contributed by atoms with Crippen LogP contribution in [-0.4, -0.2) is 23.0 Å². The molecule has 2 aromatic heterocycles. The molecule has 0 amide bonds. The average molecular weight is 205 g/mol. The first-order valence-electron chi connectivity index (χ1n) is 4.92. The van der Waals surface area contributed by atoms with Gasteiger partial charge in [0.05, 0.1) is 19.3 Å². The van der Waals surface area contributed by atoms with Crippen molar-refractivity contribution in [2.75, 3.05) is 13.2 Å². The summed E-state index contributed by atoms with van der Waals surface area (Å²) >= 11 is 0. The summed E-state index contributed by atoms with van der Waals surface area (Å²) in [7, 11) is 0. The summed E-state index contributed by atoms with van der Waals surface area (Å²) in [6.07, 6.45) is 1.50. The quantitative estimate of drug-likeness (QED) is 0.504. The molecule has 0 radical (unpaired) electrons. The molecule has 0 atom stereocenters. The maximum atomic E-state index is 11.6. The topological polar surface area (TPSA) is 54.0 Å². The normalized spacial score (nSPS) is 16.9. The highest BCUT2D eigenvalue weighted by atomic mass is 16.5. The molecule has 0 bridgehead atoms. The van der Waals surface area contributed by atoms with E-state index in [-0.39, 0.29) is 6.04 Å². The smallest absolute Gasteiger partial charge is 0.265 e. The maximum absolute atomic E-state index is 11.6. The number of aromatic nitrogens is 3. The molecule has 0 aliphatic carbocycles. The van der Waals surface area contributed by atoms with Gasteiger partial charge in [0.2, 0.25) is 0 Å². The van der Waals surface area contributed by atoms with Crippen LogP contribution in [0.4, 0.5) is 0 Å². The number of nitrogens with zero attached hydrogens (tertiary/aromatic N) is 3. The molecule has 0 saturated carbocycles. The van der Waals surface area contributed by atoms with E-state index >= 15 is 0 Å². The first-order valence-corrected chi connectivity index (χ1v) is 4.92. The first-order chi connectivity index (χ1) is 7.27. The predicted molar refractivity (Wildman–Crippen MR) is 53.3 cm³/mol. The van der Waals surface area contributed by atoms with Crippen molar-refractivity contribution in [1.82, 2.24) is 9.78 Å². The number of aryl methyl sites for hydroxylation is 1. The molecular formula is C10H11N3O2. The zero-order valence-corrected chi connectivity index (χ0v) is 8.38. The lowest BCUT2D eigenvalue weighted by molar-refractivity contribution is -0.577. The summed E-state index contributed by atoms with van der Waals surface area (Å²) in [5, 5.41) is 16.0. The molecule has 2 aromatic rings. The Hall–Kier alpha value is -1.62. The average Bonchev–Trinajstić information content (AvgIpc) is 2.43. The van der Waals surface area contributed by atoms with Gasteiger partial charge in [-0.15, -0.1) is 0 Å². The molecule has 1 aliphatic heterocycles. The lowest BCUT2D eigenvalue weighted by Crippen LogP contribution is -2.31. The zero-order valence-electron chi connectivity index (χ0n) is 8.38. The van der Waals surface area contributed by atoms with Crippen molar-refractivity contribution >= 4 is 11.0 Å². The Morgan fingerprint density at radius 2 is 2.40 bits per heavy atom. The fourth-order valence-corrected chi connectivity index (χ4v) is 1.91. The van der Waals surface area contributed by atoms with E-state index in [9.17, 15) is 5.21 Å². The molecule has 0 N–H and O–H groups in total. The molecule has 0 spiro atoms. The van der Waals surface area contributed by atoms with Crippen molar-refractivity contribution in [2.24, 2.45) is 0 Å². The Labute approximate surface area is 86.5 Å². The summed E-state index contributed by atoms with van der Waals surface area (Å²) in [6.45, 7) is 3.22. The van der Waals surface area contributed by atoms with Crippen LogP contribution in [0.2, 0.25) is 0 Å². The minimum Gasteiger partial charge on any atom is -0.618 e. The van der Waals surface area contributed by atoms with Gasteiger partial charge in [0.1, 0.15) is 11.2 Å². The Balaban J connectivity index is 2.27. The Morgan fingerprint density at radius 3 is 3.07 bits per heavy atom. The summed E-state index contributed by atoms with van der Waals surface area (Å²) in [4.78, 5) is 0. The lowest BCUT2D eigenvalue weighted by atomic mass is 10.2. The van der Waals surface area contributed by atoms with Crippen LogP contribution in [0.5, 0.6) is 0 Å². The molecule has 0 unspecified atom stereocenters. The van der Waals surface area contributed by atoms with E-state index in [0.717, 1.165) is 15.9 Å². The summed E-state index contributed by atoms with van der Waals surface area (Å²) in [5.74, 6) is 0. The van der Waals surface area contributed by atoms with E-state index in [0.29, 0.717) is 18.7 Å². The van der Waals surface area contributed by atoms with E-state index in [2.05, 4.69) is 5.10 Å². The van der Waals surface area contributed by atoms with Gasteiger partial charge < -0.3 is 9.94 Å². The highest BCUT2D eigenvalue weighted by Gasteiger charge is 2.26. The van der Waals surface area contributed by atoms with Gasteiger partial charge in [0.15, 0.2) is 6.20 Å². The van der Waals surface area contributed by atoms with Crippen molar-refractivity contribution in [1.29, 1.82) is 0 Å². The fraction of sp³-hybridized carbons (Fsp3) is 0.400. The molecular weight excluding hydrogens is 194 g/mol. The van der Waals surface area contributed by atoms with Crippen LogP contribution < -0.4 is 4.73 Å². The van der Waals surface area contributed by atoms with Crippen LogP contribution in [0.15, 0.2) is 18.3 Å². The fourth-order valence-electron chi connectivity index (χ4n) is 1.91. The molecule has 0 aromatic carbocycles. The van der Waals surface area contributed by atoms with Gasteiger partial charge in [-0.1, -0.05) is 0 Å². The molecule has 1 aliphatic rings. The van der Waals surface area contributed by atoms with E-state index in [4.69, 9.17) is 4.74 Å². The summed E-state index contributed by atoms with van der Waals surface area (Å²) in [5.41, 5.74) is 2.32. The molecule has 15 heavy (non-hydrogen) atoms. The number of hydrogen-bond acceptors (Lipinski definition) is 3. The van der Waals surface area contributed by atoms with Crippen LogP contribution in [0.3, 0.4) is 0 Å². The number of pyridine rings is 1. The van der Waals surface area contributed by atoms with Crippen LogP contribution in [-0.2, 0) is 4.74 Å². The second-order valence-electron chi connectivity index (χ2n) is 3.79. The van der Waals surface area contributed by atoms with Gasteiger partial charge in [-0.2, -0.15) is 9.83 Å². The second-order valence-corrected chi connectivity index (χ2v) is 3.79. The number of ether oxygens (including phenoxy) is 1. The zero-order chi connectivity index (χ0) is 10.4. The summed E-state index contributed by atoms with van der Waals surface area (Å²) in [6, 6.07) is 3.94. The molecule has 1 fully saturated rings. The Kier molecular flexibility index (Phi) is 1.70. The van der Waals surface area contributed by atoms with Crippen LogP contribution in [0.25, 0.3) is 11.0 Å². The highest BCUT2D eigenvalue weighted by molar-refractivity contribution is 5.74. The van der Waals surface area contributed by atoms with Gasteiger partial charge in [-0.3, -0.25) is 4.68 Å². The molecule has 5 heteroatoms. The van der Waals surface area contributed by atoms with Crippen molar-refractivity contribution < 1.29 is 9.47 Å².